The first-order chi connectivity index (χ1) is 9.75. The number of hydrogen-bond donors (Lipinski definition) is 1. The van der Waals surface area contributed by atoms with Gasteiger partial charge in [-0.05, 0) is 24.5 Å². The molecule has 5 nitrogen and oxygen atoms in total. The normalized spacial score (nSPS) is 23.1. The van der Waals surface area contributed by atoms with Crippen LogP contribution in [-0.2, 0) is 4.79 Å². The van der Waals surface area contributed by atoms with E-state index in [1.54, 1.807) is 6.92 Å². The highest BCUT2D eigenvalue weighted by molar-refractivity contribution is 5.74. The van der Waals surface area contributed by atoms with Gasteiger partial charge in [0.2, 0.25) is 5.91 Å². The Bertz CT molecular complexity index is 467. The number of rotatable bonds is 2. The van der Waals surface area contributed by atoms with Crippen LogP contribution in [0.15, 0.2) is 18.3 Å². The summed E-state index contributed by atoms with van der Waals surface area (Å²) in [5.74, 6) is 1.21. The highest BCUT2D eigenvalue weighted by atomic mass is 16.2. The molecule has 1 amide bonds. The lowest BCUT2D eigenvalue weighted by molar-refractivity contribution is -0.129. The molecular formula is C15H22N4O. The fourth-order valence-electron chi connectivity index (χ4n) is 3.17. The van der Waals surface area contributed by atoms with E-state index in [4.69, 9.17) is 0 Å². The van der Waals surface area contributed by atoms with E-state index >= 15 is 0 Å². The predicted molar refractivity (Wildman–Crippen MR) is 78.7 cm³/mol. The van der Waals surface area contributed by atoms with Crippen molar-refractivity contribution in [2.75, 3.05) is 37.6 Å². The van der Waals surface area contributed by atoms with E-state index in [-0.39, 0.29) is 11.9 Å². The number of nitrogens with zero attached hydrogens (tertiary/aromatic N) is 3. The first-order valence-corrected chi connectivity index (χ1v) is 7.44. The second-order valence-corrected chi connectivity index (χ2v) is 5.56. The van der Waals surface area contributed by atoms with E-state index in [0.29, 0.717) is 0 Å². The number of pyridine rings is 1. The Labute approximate surface area is 120 Å². The molecule has 2 aliphatic rings. The van der Waals surface area contributed by atoms with Crippen molar-refractivity contribution in [3.8, 4) is 0 Å². The number of piperazine rings is 1. The van der Waals surface area contributed by atoms with Crippen LogP contribution in [0.5, 0.6) is 0 Å². The standard InChI is InChI=1S/C15H22N4O/c1-12(20)19-8-2-3-14(19)13-4-5-15(17-11-13)18-9-6-16-7-10-18/h4-5,11,14,16H,2-3,6-10H2,1H3/t14-/m1/s1. The molecule has 1 aromatic heterocycles. The highest BCUT2D eigenvalue weighted by Crippen LogP contribution is 2.32. The lowest BCUT2D eigenvalue weighted by atomic mass is 10.1. The van der Waals surface area contributed by atoms with Gasteiger partial charge in [0.05, 0.1) is 6.04 Å². The monoisotopic (exact) mass is 274 g/mol. The molecule has 3 rings (SSSR count). The molecule has 1 atom stereocenters. The van der Waals surface area contributed by atoms with Crippen LogP contribution >= 0.6 is 0 Å². The minimum Gasteiger partial charge on any atom is -0.354 e. The Hall–Kier alpha value is -1.62. The number of aromatic nitrogens is 1. The van der Waals surface area contributed by atoms with Gasteiger partial charge in [-0.3, -0.25) is 4.79 Å². The predicted octanol–water partition coefficient (Wildman–Crippen LogP) is 1.17. The molecule has 2 aliphatic heterocycles. The number of hydrogen-bond acceptors (Lipinski definition) is 4. The maximum absolute atomic E-state index is 11.6. The van der Waals surface area contributed by atoms with Crippen molar-refractivity contribution >= 4 is 11.7 Å². The van der Waals surface area contributed by atoms with Gasteiger partial charge in [-0.25, -0.2) is 4.98 Å². The van der Waals surface area contributed by atoms with Crippen LogP contribution in [0.4, 0.5) is 5.82 Å². The maximum Gasteiger partial charge on any atom is 0.219 e. The summed E-state index contributed by atoms with van der Waals surface area (Å²) in [7, 11) is 0. The molecule has 1 aromatic rings. The van der Waals surface area contributed by atoms with Gasteiger partial charge in [-0.15, -0.1) is 0 Å². The molecule has 0 saturated carbocycles. The van der Waals surface area contributed by atoms with E-state index in [2.05, 4.69) is 27.3 Å². The number of nitrogens with one attached hydrogen (secondary N) is 1. The first kappa shape index (κ1) is 13.4. The van der Waals surface area contributed by atoms with Crippen molar-refractivity contribution in [1.29, 1.82) is 0 Å². The van der Waals surface area contributed by atoms with Crippen molar-refractivity contribution in [2.45, 2.75) is 25.8 Å². The van der Waals surface area contributed by atoms with E-state index in [1.165, 1.54) is 0 Å². The largest absolute Gasteiger partial charge is 0.354 e. The molecule has 0 spiro atoms. The lowest BCUT2D eigenvalue weighted by Crippen LogP contribution is -2.43. The second kappa shape index (κ2) is 5.79. The molecule has 2 saturated heterocycles. The van der Waals surface area contributed by atoms with Crippen LogP contribution in [0, 0.1) is 0 Å². The highest BCUT2D eigenvalue weighted by Gasteiger charge is 2.28. The summed E-state index contributed by atoms with van der Waals surface area (Å²) in [6, 6.07) is 4.45. The average molecular weight is 274 g/mol. The van der Waals surface area contributed by atoms with Crippen molar-refractivity contribution in [3.63, 3.8) is 0 Å². The summed E-state index contributed by atoms with van der Waals surface area (Å²) in [6.07, 6.45) is 4.08. The molecule has 0 bridgehead atoms. The van der Waals surface area contributed by atoms with Gasteiger partial charge in [0.25, 0.3) is 0 Å². The van der Waals surface area contributed by atoms with Crippen LogP contribution in [0.1, 0.15) is 31.4 Å². The number of carbonyl (C=O) groups is 1. The van der Waals surface area contributed by atoms with E-state index in [0.717, 1.165) is 56.9 Å². The molecule has 0 radical (unpaired) electrons. The van der Waals surface area contributed by atoms with Crippen LogP contribution < -0.4 is 10.2 Å². The third-order valence-electron chi connectivity index (χ3n) is 4.25. The van der Waals surface area contributed by atoms with Crippen LogP contribution in [0.2, 0.25) is 0 Å². The first-order valence-electron chi connectivity index (χ1n) is 7.44. The van der Waals surface area contributed by atoms with Gasteiger partial charge in [0.15, 0.2) is 0 Å². The van der Waals surface area contributed by atoms with E-state index in [9.17, 15) is 4.79 Å². The topological polar surface area (TPSA) is 48.5 Å². The third kappa shape index (κ3) is 2.63. The van der Waals surface area contributed by atoms with Gasteiger partial charge in [-0.1, -0.05) is 6.07 Å². The second-order valence-electron chi connectivity index (χ2n) is 5.56. The van der Waals surface area contributed by atoms with Gasteiger partial charge in [-0.2, -0.15) is 0 Å². The summed E-state index contributed by atoms with van der Waals surface area (Å²) < 4.78 is 0. The van der Waals surface area contributed by atoms with Crippen molar-refractivity contribution < 1.29 is 4.79 Å². The molecule has 0 aliphatic carbocycles. The van der Waals surface area contributed by atoms with Crippen molar-refractivity contribution in [2.24, 2.45) is 0 Å². The lowest BCUT2D eigenvalue weighted by Gasteiger charge is -2.29. The Morgan fingerprint density at radius 2 is 2.10 bits per heavy atom. The number of amides is 1. The molecule has 3 heterocycles. The van der Waals surface area contributed by atoms with Crippen molar-refractivity contribution in [1.82, 2.24) is 15.2 Å². The van der Waals surface area contributed by atoms with Gasteiger partial charge < -0.3 is 15.1 Å². The molecule has 0 unspecified atom stereocenters. The minimum absolute atomic E-state index is 0.165. The third-order valence-corrected chi connectivity index (χ3v) is 4.25. The Kier molecular flexibility index (Phi) is 3.87. The fourth-order valence-corrected chi connectivity index (χ4v) is 3.17. The SMILES string of the molecule is CC(=O)N1CCC[C@@H]1c1ccc(N2CCNCC2)nc1. The van der Waals surface area contributed by atoms with Crippen LogP contribution in [0.3, 0.4) is 0 Å². The Morgan fingerprint density at radius 1 is 1.30 bits per heavy atom. The van der Waals surface area contributed by atoms with Gasteiger partial charge >= 0.3 is 0 Å². The zero-order valence-electron chi connectivity index (χ0n) is 12.0. The van der Waals surface area contributed by atoms with E-state index in [1.807, 2.05) is 11.1 Å². The summed E-state index contributed by atoms with van der Waals surface area (Å²) in [5.41, 5.74) is 1.16. The minimum atomic E-state index is 0.165. The average Bonchev–Trinajstić information content (AvgIpc) is 2.98. The smallest absolute Gasteiger partial charge is 0.219 e. The van der Waals surface area contributed by atoms with Crippen LogP contribution in [0.25, 0.3) is 0 Å². The molecular weight excluding hydrogens is 252 g/mol. The summed E-state index contributed by atoms with van der Waals surface area (Å²) in [6.45, 7) is 6.58. The fraction of sp³-hybridized carbons (Fsp3) is 0.600. The zero-order valence-corrected chi connectivity index (χ0v) is 12.0. The Balaban J connectivity index is 1.73. The maximum atomic E-state index is 11.6. The Morgan fingerprint density at radius 3 is 2.75 bits per heavy atom. The summed E-state index contributed by atoms with van der Waals surface area (Å²) >= 11 is 0. The van der Waals surface area contributed by atoms with Crippen LogP contribution in [-0.4, -0.2) is 48.5 Å². The molecule has 1 N–H and O–H groups in total. The summed E-state index contributed by atoms with van der Waals surface area (Å²) in [5, 5.41) is 3.35. The number of likely N-dealkylation sites (tertiary alicyclic amines) is 1. The zero-order chi connectivity index (χ0) is 13.9. The number of anilines is 1. The molecule has 20 heavy (non-hydrogen) atoms. The molecule has 0 aromatic carbocycles. The summed E-state index contributed by atoms with van der Waals surface area (Å²) in [4.78, 5) is 20.5. The van der Waals surface area contributed by atoms with Crippen molar-refractivity contribution in [3.05, 3.63) is 23.9 Å². The molecule has 108 valence electrons. The molecule has 5 heteroatoms. The van der Waals surface area contributed by atoms with Gasteiger partial charge in [0, 0.05) is 45.8 Å². The van der Waals surface area contributed by atoms with E-state index < -0.39 is 0 Å². The quantitative estimate of drug-likeness (QED) is 0.879. The van der Waals surface area contributed by atoms with Gasteiger partial charge in [0.1, 0.15) is 5.82 Å². The number of carbonyl (C=O) groups excluding carboxylic acids is 1. The molecule has 2 fully saturated rings.